The highest BCUT2D eigenvalue weighted by atomic mass is 15.0. The van der Waals surface area contributed by atoms with Gasteiger partial charge >= 0.3 is 0 Å². The minimum absolute atomic E-state index is 0.533. The molecule has 5 aromatic carbocycles. The van der Waals surface area contributed by atoms with E-state index in [-0.39, 0.29) is 0 Å². The monoisotopic (exact) mass is 592 g/mol. The standard InChI is InChI=1S/C42H32N4/c1-4-7-16-32-18-13-14-22-38(32)43-39(37-28-23-31-17-11-12-21-36(31)29-37)33-24-26-35(27-25-33)42-45-40(30(6-3)15-5-2)44-41(46-42)34-19-9-8-10-20-34/h4-29H,1-3H2/b16-7-,30-15+,43-39-. The van der Waals surface area contributed by atoms with Gasteiger partial charge in [-0.1, -0.05) is 165 Å². The largest absolute Gasteiger partial charge is 0.247 e. The van der Waals surface area contributed by atoms with Crippen LogP contribution in [0.15, 0.2) is 176 Å². The van der Waals surface area contributed by atoms with E-state index in [1.165, 1.54) is 5.39 Å². The Morgan fingerprint density at radius 1 is 0.587 bits per heavy atom. The molecule has 0 spiro atoms. The number of rotatable bonds is 10. The van der Waals surface area contributed by atoms with Gasteiger partial charge in [-0.3, -0.25) is 0 Å². The zero-order valence-corrected chi connectivity index (χ0v) is 25.4. The summed E-state index contributed by atoms with van der Waals surface area (Å²) < 4.78 is 0. The lowest BCUT2D eigenvalue weighted by molar-refractivity contribution is 1.04. The van der Waals surface area contributed by atoms with E-state index in [0.29, 0.717) is 17.5 Å². The Morgan fingerprint density at radius 2 is 1.24 bits per heavy atom. The Balaban J connectivity index is 1.48. The average Bonchev–Trinajstić information content (AvgIpc) is 3.12. The maximum Gasteiger partial charge on any atom is 0.164 e. The van der Waals surface area contributed by atoms with Crippen molar-refractivity contribution in [2.45, 2.75) is 0 Å². The van der Waals surface area contributed by atoms with Crippen LogP contribution in [0.1, 0.15) is 22.5 Å². The number of nitrogens with zero attached hydrogens (tertiary/aromatic N) is 4. The maximum absolute atomic E-state index is 5.25. The van der Waals surface area contributed by atoms with Crippen LogP contribution in [-0.2, 0) is 0 Å². The lowest BCUT2D eigenvalue weighted by Crippen LogP contribution is -2.05. The summed E-state index contributed by atoms with van der Waals surface area (Å²) in [5.74, 6) is 1.69. The number of hydrogen-bond acceptors (Lipinski definition) is 4. The molecule has 0 aliphatic rings. The number of aliphatic imine (C=N–C) groups is 1. The van der Waals surface area contributed by atoms with Gasteiger partial charge in [0.25, 0.3) is 0 Å². The predicted molar refractivity (Wildman–Crippen MR) is 194 cm³/mol. The Bertz CT molecular complexity index is 2140. The van der Waals surface area contributed by atoms with Crippen LogP contribution in [0, 0.1) is 0 Å². The molecule has 46 heavy (non-hydrogen) atoms. The number of para-hydroxylation sites is 1. The van der Waals surface area contributed by atoms with E-state index in [1.807, 2.05) is 78.9 Å². The SMILES string of the molecule is C=C/C=C\c1ccccc1/N=C(/c1ccc(-c2nc(/C(C=C)=C/C=C)nc(-c3ccccc3)n2)cc1)c1ccc2ccccc2c1. The fraction of sp³-hybridized carbons (Fsp3) is 0. The second-order valence-electron chi connectivity index (χ2n) is 10.5. The van der Waals surface area contributed by atoms with Gasteiger partial charge in [-0.2, -0.15) is 0 Å². The van der Waals surface area contributed by atoms with Crippen molar-refractivity contribution in [2.24, 2.45) is 4.99 Å². The first-order chi connectivity index (χ1) is 22.7. The number of hydrogen-bond donors (Lipinski definition) is 0. The highest BCUT2D eigenvalue weighted by Crippen LogP contribution is 2.28. The second-order valence-corrected chi connectivity index (χ2v) is 10.5. The molecule has 0 N–H and O–H groups in total. The van der Waals surface area contributed by atoms with Crippen LogP contribution in [0.2, 0.25) is 0 Å². The van der Waals surface area contributed by atoms with Crippen molar-refractivity contribution in [1.29, 1.82) is 0 Å². The number of aromatic nitrogens is 3. The normalized spacial score (nSPS) is 11.9. The molecule has 1 heterocycles. The molecule has 0 unspecified atom stereocenters. The molecule has 4 heteroatoms. The van der Waals surface area contributed by atoms with Crippen molar-refractivity contribution in [3.63, 3.8) is 0 Å². The summed E-state index contributed by atoms with van der Waals surface area (Å²) in [6.07, 6.45) is 11.0. The summed E-state index contributed by atoms with van der Waals surface area (Å²) in [6.45, 7) is 11.6. The number of allylic oxidation sites excluding steroid dienone is 6. The van der Waals surface area contributed by atoms with E-state index in [0.717, 1.165) is 50.2 Å². The Labute approximate surface area is 269 Å². The summed E-state index contributed by atoms with van der Waals surface area (Å²) in [5, 5.41) is 2.33. The molecule has 0 atom stereocenters. The van der Waals surface area contributed by atoms with Crippen molar-refractivity contribution in [2.75, 3.05) is 0 Å². The highest BCUT2D eigenvalue weighted by Gasteiger charge is 2.14. The van der Waals surface area contributed by atoms with Gasteiger partial charge in [0.05, 0.1) is 11.4 Å². The lowest BCUT2D eigenvalue weighted by atomic mass is 9.97. The second kappa shape index (κ2) is 14.0. The van der Waals surface area contributed by atoms with Crippen molar-refractivity contribution in [3.05, 3.63) is 194 Å². The summed E-state index contributed by atoms with van der Waals surface area (Å²) in [4.78, 5) is 19.7. The molecular formula is C42H32N4. The molecule has 0 aliphatic carbocycles. The van der Waals surface area contributed by atoms with Gasteiger partial charge in [0, 0.05) is 33.4 Å². The Morgan fingerprint density at radius 3 is 1.96 bits per heavy atom. The smallest absolute Gasteiger partial charge is 0.164 e. The molecule has 6 rings (SSSR count). The molecule has 0 saturated carbocycles. The first-order valence-corrected chi connectivity index (χ1v) is 15.0. The van der Waals surface area contributed by atoms with Gasteiger partial charge < -0.3 is 0 Å². The third-order valence-corrected chi connectivity index (χ3v) is 7.46. The van der Waals surface area contributed by atoms with Crippen molar-refractivity contribution >= 4 is 33.8 Å². The predicted octanol–water partition coefficient (Wildman–Crippen LogP) is 10.5. The Hall–Kier alpha value is -6.26. The molecule has 4 nitrogen and oxygen atoms in total. The van der Waals surface area contributed by atoms with Gasteiger partial charge in [0.15, 0.2) is 17.5 Å². The third-order valence-electron chi connectivity index (χ3n) is 7.46. The van der Waals surface area contributed by atoms with Crippen LogP contribution in [-0.4, -0.2) is 20.7 Å². The zero-order chi connectivity index (χ0) is 31.7. The van der Waals surface area contributed by atoms with E-state index < -0.39 is 0 Å². The molecule has 220 valence electrons. The van der Waals surface area contributed by atoms with Gasteiger partial charge in [0.1, 0.15) is 0 Å². The van der Waals surface area contributed by atoms with Crippen LogP contribution in [0.5, 0.6) is 0 Å². The molecule has 0 amide bonds. The number of fused-ring (bicyclic) bond motifs is 1. The van der Waals surface area contributed by atoms with Gasteiger partial charge in [-0.25, -0.2) is 19.9 Å². The average molecular weight is 593 g/mol. The molecule has 6 aromatic rings. The van der Waals surface area contributed by atoms with Crippen molar-refractivity contribution < 1.29 is 0 Å². The van der Waals surface area contributed by atoms with Crippen molar-refractivity contribution in [3.8, 4) is 22.8 Å². The molecule has 0 saturated heterocycles. The molecule has 0 fully saturated rings. The van der Waals surface area contributed by atoms with E-state index in [1.54, 1.807) is 18.2 Å². The van der Waals surface area contributed by atoms with Crippen LogP contribution in [0.4, 0.5) is 5.69 Å². The minimum Gasteiger partial charge on any atom is -0.247 e. The Kier molecular flexibility index (Phi) is 9.08. The van der Waals surface area contributed by atoms with Gasteiger partial charge in [-0.15, -0.1) is 0 Å². The summed E-state index contributed by atoms with van der Waals surface area (Å²) in [6, 6.07) is 41.1. The minimum atomic E-state index is 0.533. The maximum atomic E-state index is 5.25. The fourth-order valence-electron chi connectivity index (χ4n) is 5.14. The van der Waals surface area contributed by atoms with Crippen LogP contribution >= 0.6 is 0 Å². The first kappa shape index (κ1) is 29.8. The van der Waals surface area contributed by atoms with Crippen molar-refractivity contribution in [1.82, 2.24) is 15.0 Å². The number of benzene rings is 5. The third kappa shape index (κ3) is 6.62. The topological polar surface area (TPSA) is 51.0 Å². The molecule has 0 aliphatic heterocycles. The summed E-state index contributed by atoms with van der Waals surface area (Å²) in [5.41, 5.74) is 7.26. The molecule has 0 radical (unpaired) electrons. The van der Waals surface area contributed by atoms with Gasteiger partial charge in [-0.05, 0) is 22.9 Å². The summed E-state index contributed by atoms with van der Waals surface area (Å²) >= 11 is 0. The highest BCUT2D eigenvalue weighted by molar-refractivity contribution is 6.15. The molecular weight excluding hydrogens is 560 g/mol. The van der Waals surface area contributed by atoms with Gasteiger partial charge in [0.2, 0.25) is 0 Å². The van der Waals surface area contributed by atoms with E-state index in [4.69, 9.17) is 19.9 Å². The van der Waals surface area contributed by atoms with E-state index in [2.05, 4.69) is 80.4 Å². The van der Waals surface area contributed by atoms with Crippen LogP contribution in [0.3, 0.4) is 0 Å². The zero-order valence-electron chi connectivity index (χ0n) is 25.4. The van der Waals surface area contributed by atoms with Crippen LogP contribution < -0.4 is 0 Å². The van der Waals surface area contributed by atoms with Crippen LogP contribution in [0.25, 0.3) is 45.2 Å². The van der Waals surface area contributed by atoms with E-state index in [9.17, 15) is 0 Å². The first-order valence-electron chi connectivity index (χ1n) is 15.0. The molecule has 1 aromatic heterocycles. The molecule has 0 bridgehead atoms. The lowest BCUT2D eigenvalue weighted by Gasteiger charge is -2.12. The van der Waals surface area contributed by atoms with E-state index >= 15 is 0 Å². The quantitative estimate of drug-likeness (QED) is 0.117. The fourth-order valence-corrected chi connectivity index (χ4v) is 5.14. The summed E-state index contributed by atoms with van der Waals surface area (Å²) in [7, 11) is 0.